The van der Waals surface area contributed by atoms with Crippen LogP contribution in [-0.4, -0.2) is 27.3 Å². The molecular formula is C19H27N3O3. The number of rotatable bonds is 6. The molecular weight excluding hydrogens is 318 g/mol. The molecule has 0 aromatic carbocycles. The van der Waals surface area contributed by atoms with Crippen molar-refractivity contribution >= 4 is 5.91 Å². The van der Waals surface area contributed by atoms with Crippen LogP contribution < -0.4 is 5.32 Å². The van der Waals surface area contributed by atoms with E-state index in [2.05, 4.69) is 24.3 Å². The van der Waals surface area contributed by atoms with Crippen LogP contribution in [0.25, 0.3) is 0 Å². The van der Waals surface area contributed by atoms with E-state index in [1.807, 2.05) is 24.6 Å². The lowest BCUT2D eigenvalue weighted by atomic mass is 9.96. The molecule has 136 valence electrons. The van der Waals surface area contributed by atoms with Crippen molar-refractivity contribution in [3.05, 3.63) is 40.6 Å². The SMILES string of the molecule is Cc1cc(C(C)(O)CNC(=O)c2cnn(C(C)C)c2C2CC2)c(C)o1. The predicted octanol–water partition coefficient (Wildman–Crippen LogP) is 3.19. The zero-order valence-electron chi connectivity index (χ0n) is 15.6. The van der Waals surface area contributed by atoms with Crippen molar-refractivity contribution in [1.82, 2.24) is 15.1 Å². The van der Waals surface area contributed by atoms with Gasteiger partial charge in [-0.3, -0.25) is 9.48 Å². The molecule has 2 aromatic rings. The molecule has 25 heavy (non-hydrogen) atoms. The summed E-state index contributed by atoms with van der Waals surface area (Å²) in [4.78, 5) is 12.7. The van der Waals surface area contributed by atoms with Gasteiger partial charge in [0.05, 0.1) is 24.0 Å². The number of aromatic nitrogens is 2. The van der Waals surface area contributed by atoms with E-state index in [0.29, 0.717) is 22.8 Å². The molecule has 2 heterocycles. The van der Waals surface area contributed by atoms with Gasteiger partial charge in [-0.15, -0.1) is 0 Å². The molecule has 1 atom stereocenters. The summed E-state index contributed by atoms with van der Waals surface area (Å²) in [5.41, 5.74) is 1.14. The van der Waals surface area contributed by atoms with Crippen molar-refractivity contribution < 1.29 is 14.3 Å². The third-order valence-electron chi connectivity index (χ3n) is 4.75. The number of carbonyl (C=O) groups is 1. The van der Waals surface area contributed by atoms with Gasteiger partial charge in [-0.2, -0.15) is 5.10 Å². The van der Waals surface area contributed by atoms with Crippen LogP contribution in [-0.2, 0) is 5.60 Å². The largest absolute Gasteiger partial charge is 0.466 e. The Hall–Kier alpha value is -2.08. The molecule has 3 rings (SSSR count). The van der Waals surface area contributed by atoms with Crippen molar-refractivity contribution in [3.8, 4) is 0 Å². The second-order valence-corrected chi connectivity index (χ2v) is 7.54. The van der Waals surface area contributed by atoms with Gasteiger partial charge in [0.25, 0.3) is 5.91 Å². The summed E-state index contributed by atoms with van der Waals surface area (Å²) < 4.78 is 7.43. The van der Waals surface area contributed by atoms with E-state index in [1.165, 1.54) is 0 Å². The highest BCUT2D eigenvalue weighted by molar-refractivity contribution is 5.95. The number of hydrogen-bond donors (Lipinski definition) is 2. The normalized spacial score (nSPS) is 16.9. The Morgan fingerprint density at radius 1 is 1.48 bits per heavy atom. The maximum Gasteiger partial charge on any atom is 0.254 e. The smallest absolute Gasteiger partial charge is 0.254 e. The lowest BCUT2D eigenvalue weighted by Gasteiger charge is -2.23. The van der Waals surface area contributed by atoms with E-state index in [1.54, 1.807) is 13.1 Å². The highest BCUT2D eigenvalue weighted by atomic mass is 16.3. The molecule has 0 aliphatic heterocycles. The predicted molar refractivity (Wildman–Crippen MR) is 94.7 cm³/mol. The molecule has 1 unspecified atom stereocenters. The zero-order valence-corrected chi connectivity index (χ0v) is 15.6. The summed E-state index contributed by atoms with van der Waals surface area (Å²) in [5, 5.41) is 18.0. The Morgan fingerprint density at radius 2 is 2.16 bits per heavy atom. The Balaban J connectivity index is 1.76. The summed E-state index contributed by atoms with van der Waals surface area (Å²) in [6, 6.07) is 2.03. The molecule has 2 aromatic heterocycles. The fraction of sp³-hybridized carbons (Fsp3) is 0.579. The van der Waals surface area contributed by atoms with E-state index < -0.39 is 5.60 Å². The van der Waals surface area contributed by atoms with E-state index in [4.69, 9.17) is 4.42 Å². The average molecular weight is 345 g/mol. The van der Waals surface area contributed by atoms with Crippen molar-refractivity contribution in [2.45, 2.75) is 65.0 Å². The van der Waals surface area contributed by atoms with Crippen molar-refractivity contribution in [2.75, 3.05) is 6.54 Å². The van der Waals surface area contributed by atoms with Gasteiger partial charge >= 0.3 is 0 Å². The Kier molecular flexibility index (Phi) is 4.49. The second-order valence-electron chi connectivity index (χ2n) is 7.54. The summed E-state index contributed by atoms with van der Waals surface area (Å²) in [5.74, 6) is 1.65. The van der Waals surface area contributed by atoms with E-state index in [9.17, 15) is 9.90 Å². The Labute approximate surface area is 148 Å². The van der Waals surface area contributed by atoms with Gasteiger partial charge in [-0.25, -0.2) is 0 Å². The van der Waals surface area contributed by atoms with Crippen molar-refractivity contribution in [1.29, 1.82) is 0 Å². The average Bonchev–Trinajstić information content (AvgIpc) is 3.16. The third-order valence-corrected chi connectivity index (χ3v) is 4.75. The fourth-order valence-electron chi connectivity index (χ4n) is 3.33. The number of nitrogens with one attached hydrogen (secondary N) is 1. The highest BCUT2D eigenvalue weighted by Crippen LogP contribution is 2.42. The number of nitrogens with zero attached hydrogens (tertiary/aromatic N) is 2. The van der Waals surface area contributed by atoms with Crippen LogP contribution in [0.4, 0.5) is 0 Å². The molecule has 1 aliphatic rings. The molecule has 0 bridgehead atoms. The fourth-order valence-corrected chi connectivity index (χ4v) is 3.33. The van der Waals surface area contributed by atoms with Crippen LogP contribution in [0.1, 0.15) is 78.7 Å². The first kappa shape index (κ1) is 17.7. The molecule has 0 saturated heterocycles. The number of aliphatic hydroxyl groups is 1. The van der Waals surface area contributed by atoms with Crippen LogP contribution in [0.15, 0.2) is 16.7 Å². The van der Waals surface area contributed by atoms with Gasteiger partial charge in [0, 0.05) is 17.5 Å². The van der Waals surface area contributed by atoms with Crippen LogP contribution in [0, 0.1) is 13.8 Å². The Bertz CT molecular complexity index is 782. The summed E-state index contributed by atoms with van der Waals surface area (Å²) in [6.45, 7) is 9.58. The topological polar surface area (TPSA) is 80.3 Å². The van der Waals surface area contributed by atoms with Gasteiger partial charge in [-0.1, -0.05) is 0 Å². The van der Waals surface area contributed by atoms with Crippen LogP contribution in [0.2, 0.25) is 0 Å². The number of amides is 1. The molecule has 2 N–H and O–H groups in total. The lowest BCUT2D eigenvalue weighted by molar-refractivity contribution is 0.0513. The molecule has 6 heteroatoms. The van der Waals surface area contributed by atoms with E-state index in [-0.39, 0.29) is 18.5 Å². The zero-order chi connectivity index (χ0) is 18.4. The standard InChI is InChI=1S/C19H27N3O3/c1-11(2)22-17(14-6-7-14)15(9-21-22)18(23)20-10-19(5,24)16-8-12(3)25-13(16)4/h8-9,11,14,24H,6-7,10H2,1-5H3,(H,20,23). The molecule has 0 spiro atoms. The van der Waals surface area contributed by atoms with E-state index >= 15 is 0 Å². The highest BCUT2D eigenvalue weighted by Gasteiger charge is 2.34. The van der Waals surface area contributed by atoms with Crippen molar-refractivity contribution in [2.24, 2.45) is 0 Å². The molecule has 1 amide bonds. The minimum Gasteiger partial charge on any atom is -0.466 e. The second kappa shape index (κ2) is 6.33. The minimum absolute atomic E-state index is 0.114. The molecule has 1 fully saturated rings. The first-order valence-corrected chi connectivity index (χ1v) is 8.86. The summed E-state index contributed by atoms with van der Waals surface area (Å²) in [7, 11) is 0. The number of aryl methyl sites for hydroxylation is 2. The monoisotopic (exact) mass is 345 g/mol. The lowest BCUT2D eigenvalue weighted by Crippen LogP contribution is -2.39. The Morgan fingerprint density at radius 3 is 2.68 bits per heavy atom. The third kappa shape index (κ3) is 3.49. The molecule has 1 saturated carbocycles. The number of furan rings is 1. The van der Waals surface area contributed by atoms with Gasteiger partial charge in [0.15, 0.2) is 0 Å². The molecule has 0 radical (unpaired) electrons. The van der Waals surface area contributed by atoms with Crippen LogP contribution in [0.5, 0.6) is 0 Å². The van der Waals surface area contributed by atoms with Crippen LogP contribution >= 0.6 is 0 Å². The maximum absolute atomic E-state index is 12.7. The first-order valence-electron chi connectivity index (χ1n) is 8.86. The van der Waals surface area contributed by atoms with E-state index in [0.717, 1.165) is 24.3 Å². The number of carbonyl (C=O) groups excluding carboxylic acids is 1. The quantitative estimate of drug-likeness (QED) is 0.842. The van der Waals surface area contributed by atoms with Crippen LogP contribution in [0.3, 0.4) is 0 Å². The summed E-state index contributed by atoms with van der Waals surface area (Å²) in [6.07, 6.45) is 3.85. The maximum atomic E-state index is 12.7. The van der Waals surface area contributed by atoms with Gasteiger partial charge in [0.2, 0.25) is 0 Å². The molecule has 6 nitrogen and oxygen atoms in total. The minimum atomic E-state index is -1.19. The summed E-state index contributed by atoms with van der Waals surface area (Å²) >= 11 is 0. The molecule has 1 aliphatic carbocycles. The van der Waals surface area contributed by atoms with Gasteiger partial charge in [-0.05, 0) is 53.5 Å². The number of hydrogen-bond acceptors (Lipinski definition) is 4. The van der Waals surface area contributed by atoms with Gasteiger partial charge in [0.1, 0.15) is 17.1 Å². The first-order chi connectivity index (χ1) is 11.7. The van der Waals surface area contributed by atoms with Crippen molar-refractivity contribution in [3.63, 3.8) is 0 Å². The van der Waals surface area contributed by atoms with Gasteiger partial charge < -0.3 is 14.8 Å².